The Balaban J connectivity index is 3.47. The third-order valence-electron chi connectivity index (χ3n) is 1.03. The van der Waals surface area contributed by atoms with Gasteiger partial charge in [0.2, 0.25) is 0 Å². The first kappa shape index (κ1) is 9.83. The van der Waals surface area contributed by atoms with E-state index < -0.39 is 3.79 Å². The molecule has 0 heterocycles. The molecular weight excluding hydrogens is 180 g/mol. The van der Waals surface area contributed by atoms with E-state index in [9.17, 15) is 0 Å². The molecule has 0 aliphatic carbocycles. The first-order chi connectivity index (χ1) is 3.95. The summed E-state index contributed by atoms with van der Waals surface area (Å²) in [4.78, 5) is 0. The van der Waals surface area contributed by atoms with Crippen molar-refractivity contribution in [3.63, 3.8) is 0 Å². The lowest BCUT2D eigenvalue weighted by molar-refractivity contribution is 0.572. The first-order valence-electron chi connectivity index (χ1n) is 2.69. The van der Waals surface area contributed by atoms with Gasteiger partial charge in [-0.25, -0.2) is 0 Å². The molecule has 0 fully saturated rings. The Bertz CT molecular complexity index is 78.8. The fraction of sp³-hybridized carbons (Fsp3) is 1.00. The van der Waals surface area contributed by atoms with E-state index in [0.717, 1.165) is 0 Å². The Morgan fingerprint density at radius 3 is 2.00 bits per heavy atom. The van der Waals surface area contributed by atoms with Gasteiger partial charge in [-0.3, -0.25) is 0 Å². The molecule has 0 aromatic rings. The summed E-state index contributed by atoms with van der Waals surface area (Å²) in [7, 11) is 1.83. The van der Waals surface area contributed by atoms with Crippen LogP contribution in [0.2, 0.25) is 0 Å². The van der Waals surface area contributed by atoms with Crippen LogP contribution < -0.4 is 5.32 Å². The molecule has 1 N–H and O–H groups in total. The van der Waals surface area contributed by atoms with Crippen molar-refractivity contribution >= 4 is 34.8 Å². The molecule has 0 saturated carbocycles. The third-order valence-corrected chi connectivity index (χ3v) is 1.49. The summed E-state index contributed by atoms with van der Waals surface area (Å²) in [6.45, 7) is 1.96. The van der Waals surface area contributed by atoms with Crippen LogP contribution in [0.15, 0.2) is 0 Å². The largest absolute Gasteiger partial charge is 0.317 e. The number of hydrogen-bond donors (Lipinski definition) is 1. The van der Waals surface area contributed by atoms with Crippen molar-refractivity contribution in [3.05, 3.63) is 0 Å². The van der Waals surface area contributed by atoms with Crippen LogP contribution in [0.5, 0.6) is 0 Å². The molecular formula is C5H10Cl3N. The van der Waals surface area contributed by atoms with Crippen molar-refractivity contribution < 1.29 is 0 Å². The van der Waals surface area contributed by atoms with Gasteiger partial charge in [0, 0.05) is 12.5 Å². The van der Waals surface area contributed by atoms with Crippen LogP contribution in [0.3, 0.4) is 0 Å². The minimum atomic E-state index is -1.12. The van der Waals surface area contributed by atoms with E-state index in [1.54, 1.807) is 0 Å². The number of alkyl halides is 3. The summed E-state index contributed by atoms with van der Waals surface area (Å²) in [5.41, 5.74) is 0. The van der Waals surface area contributed by atoms with Crippen molar-refractivity contribution in [2.45, 2.75) is 23.2 Å². The molecule has 0 bridgehead atoms. The van der Waals surface area contributed by atoms with Gasteiger partial charge in [-0.05, 0) is 14.0 Å². The first-order valence-corrected chi connectivity index (χ1v) is 3.83. The van der Waals surface area contributed by atoms with E-state index in [-0.39, 0.29) is 6.04 Å². The number of halogens is 3. The van der Waals surface area contributed by atoms with Crippen LogP contribution in [0.25, 0.3) is 0 Å². The van der Waals surface area contributed by atoms with Crippen LogP contribution in [0.4, 0.5) is 0 Å². The Hall–Kier alpha value is 0.830. The molecule has 0 aliphatic rings. The van der Waals surface area contributed by atoms with Crippen molar-refractivity contribution in [2.24, 2.45) is 0 Å². The van der Waals surface area contributed by atoms with Gasteiger partial charge >= 0.3 is 0 Å². The van der Waals surface area contributed by atoms with Gasteiger partial charge in [0.05, 0.1) is 0 Å². The standard InChI is InChI=1S/C5H10Cl3N/c1-4(9-2)3-5(6,7)8/h4,9H,3H2,1-2H3. The Morgan fingerprint density at radius 2 is 1.89 bits per heavy atom. The summed E-state index contributed by atoms with van der Waals surface area (Å²) in [5.74, 6) is 0. The fourth-order valence-electron chi connectivity index (χ4n) is 0.449. The van der Waals surface area contributed by atoms with E-state index in [1.165, 1.54) is 0 Å². The van der Waals surface area contributed by atoms with E-state index >= 15 is 0 Å². The molecule has 9 heavy (non-hydrogen) atoms. The molecule has 0 radical (unpaired) electrons. The molecule has 0 aromatic heterocycles. The van der Waals surface area contributed by atoms with Crippen LogP contribution in [-0.2, 0) is 0 Å². The van der Waals surface area contributed by atoms with E-state index in [2.05, 4.69) is 5.32 Å². The maximum Gasteiger partial charge on any atom is 0.192 e. The quantitative estimate of drug-likeness (QED) is 0.659. The second-order valence-corrected chi connectivity index (χ2v) is 4.53. The lowest BCUT2D eigenvalue weighted by atomic mass is 10.3. The zero-order valence-corrected chi connectivity index (χ0v) is 7.69. The van der Waals surface area contributed by atoms with E-state index in [4.69, 9.17) is 34.8 Å². The Morgan fingerprint density at radius 1 is 1.44 bits per heavy atom. The van der Waals surface area contributed by atoms with Gasteiger partial charge in [-0.1, -0.05) is 34.8 Å². The minimum absolute atomic E-state index is 0.248. The highest BCUT2D eigenvalue weighted by atomic mass is 35.6. The normalized spacial score (nSPS) is 15.7. The molecule has 0 rings (SSSR count). The highest BCUT2D eigenvalue weighted by molar-refractivity contribution is 6.67. The highest BCUT2D eigenvalue weighted by Gasteiger charge is 2.21. The minimum Gasteiger partial charge on any atom is -0.317 e. The summed E-state index contributed by atoms with van der Waals surface area (Å²) in [6.07, 6.45) is 0.536. The highest BCUT2D eigenvalue weighted by Crippen LogP contribution is 2.30. The number of nitrogens with one attached hydrogen (secondary N) is 1. The second-order valence-electron chi connectivity index (χ2n) is 2.01. The van der Waals surface area contributed by atoms with Crippen LogP contribution in [0.1, 0.15) is 13.3 Å². The van der Waals surface area contributed by atoms with Gasteiger partial charge in [-0.15, -0.1) is 0 Å². The maximum absolute atomic E-state index is 5.50. The third kappa shape index (κ3) is 6.72. The summed E-state index contributed by atoms with van der Waals surface area (Å²) in [5, 5.41) is 2.97. The topological polar surface area (TPSA) is 12.0 Å². The predicted molar refractivity (Wildman–Crippen MR) is 43.4 cm³/mol. The summed E-state index contributed by atoms with van der Waals surface area (Å²) in [6, 6.07) is 0.248. The molecule has 0 aliphatic heterocycles. The molecule has 0 spiro atoms. The Kier molecular flexibility index (Phi) is 4.22. The monoisotopic (exact) mass is 189 g/mol. The zero-order chi connectivity index (χ0) is 7.49. The maximum atomic E-state index is 5.50. The lowest BCUT2D eigenvalue weighted by Gasteiger charge is -2.15. The molecule has 56 valence electrons. The number of rotatable bonds is 2. The zero-order valence-electron chi connectivity index (χ0n) is 5.42. The fourth-order valence-corrected chi connectivity index (χ4v) is 1.14. The van der Waals surface area contributed by atoms with Crippen LogP contribution in [-0.4, -0.2) is 16.9 Å². The molecule has 0 aromatic carbocycles. The lowest BCUT2D eigenvalue weighted by Crippen LogP contribution is -2.26. The van der Waals surface area contributed by atoms with Gasteiger partial charge in [0.1, 0.15) is 0 Å². The molecule has 4 heteroatoms. The van der Waals surface area contributed by atoms with Crippen molar-refractivity contribution in [3.8, 4) is 0 Å². The van der Waals surface area contributed by atoms with E-state index in [0.29, 0.717) is 6.42 Å². The average molecular weight is 191 g/mol. The molecule has 1 nitrogen and oxygen atoms in total. The second kappa shape index (κ2) is 3.87. The van der Waals surface area contributed by atoms with Crippen molar-refractivity contribution in [1.82, 2.24) is 5.32 Å². The molecule has 1 unspecified atom stereocenters. The van der Waals surface area contributed by atoms with Gasteiger partial charge in [0.25, 0.3) is 0 Å². The smallest absolute Gasteiger partial charge is 0.192 e. The van der Waals surface area contributed by atoms with Gasteiger partial charge in [0.15, 0.2) is 3.79 Å². The van der Waals surface area contributed by atoms with Crippen LogP contribution >= 0.6 is 34.8 Å². The Labute approximate surface area is 70.7 Å². The van der Waals surface area contributed by atoms with Gasteiger partial charge in [-0.2, -0.15) is 0 Å². The van der Waals surface area contributed by atoms with Crippen molar-refractivity contribution in [1.29, 1.82) is 0 Å². The average Bonchev–Trinajstić information content (AvgIpc) is 1.62. The predicted octanol–water partition coefficient (Wildman–Crippen LogP) is 2.35. The summed E-state index contributed by atoms with van der Waals surface area (Å²) >= 11 is 16.5. The summed E-state index contributed by atoms with van der Waals surface area (Å²) < 4.78 is -1.12. The van der Waals surface area contributed by atoms with Gasteiger partial charge < -0.3 is 5.32 Å². The number of hydrogen-bond acceptors (Lipinski definition) is 1. The molecule has 0 saturated heterocycles. The molecule has 1 atom stereocenters. The van der Waals surface area contributed by atoms with Crippen LogP contribution in [0, 0.1) is 0 Å². The molecule has 0 amide bonds. The SMILES string of the molecule is CNC(C)CC(Cl)(Cl)Cl. The van der Waals surface area contributed by atoms with Crippen molar-refractivity contribution in [2.75, 3.05) is 7.05 Å². The van der Waals surface area contributed by atoms with E-state index in [1.807, 2.05) is 14.0 Å².